The average molecular weight is 446 g/mol. The SMILES string of the molecule is CCNC(=NCc1ccc(NC(=O)C(C)C)cc1)NC(C)(C)C.I. The average Bonchev–Trinajstić information content (AvgIpc) is 2.45. The first kappa shape index (κ1) is 22.7. The highest BCUT2D eigenvalue weighted by Crippen LogP contribution is 2.12. The number of rotatable bonds is 5. The van der Waals surface area contributed by atoms with Crippen LogP contribution in [-0.4, -0.2) is 24.0 Å². The molecule has 0 fully saturated rings. The summed E-state index contributed by atoms with van der Waals surface area (Å²) in [5, 5.41) is 9.49. The zero-order chi connectivity index (χ0) is 17.5. The van der Waals surface area contributed by atoms with Crippen LogP contribution in [0.1, 0.15) is 47.1 Å². The van der Waals surface area contributed by atoms with Gasteiger partial charge in [-0.3, -0.25) is 4.79 Å². The molecule has 1 amide bonds. The molecule has 0 spiro atoms. The van der Waals surface area contributed by atoms with Crippen LogP contribution >= 0.6 is 24.0 Å². The van der Waals surface area contributed by atoms with Crippen molar-refractivity contribution < 1.29 is 4.79 Å². The van der Waals surface area contributed by atoms with Crippen LogP contribution in [0.25, 0.3) is 0 Å². The fraction of sp³-hybridized carbons (Fsp3) is 0.556. The summed E-state index contributed by atoms with van der Waals surface area (Å²) in [4.78, 5) is 16.3. The summed E-state index contributed by atoms with van der Waals surface area (Å²) in [5.41, 5.74) is 1.88. The summed E-state index contributed by atoms with van der Waals surface area (Å²) in [5.74, 6) is 0.808. The number of halogens is 1. The maximum absolute atomic E-state index is 11.7. The maximum Gasteiger partial charge on any atom is 0.226 e. The van der Waals surface area contributed by atoms with Gasteiger partial charge in [0, 0.05) is 23.7 Å². The van der Waals surface area contributed by atoms with Crippen molar-refractivity contribution in [2.45, 2.75) is 53.6 Å². The first-order valence-corrected chi connectivity index (χ1v) is 8.17. The van der Waals surface area contributed by atoms with Gasteiger partial charge in [-0.15, -0.1) is 24.0 Å². The largest absolute Gasteiger partial charge is 0.357 e. The Morgan fingerprint density at radius 2 is 1.75 bits per heavy atom. The van der Waals surface area contributed by atoms with E-state index in [0.29, 0.717) is 6.54 Å². The van der Waals surface area contributed by atoms with E-state index in [2.05, 4.69) is 41.7 Å². The fourth-order valence-electron chi connectivity index (χ4n) is 1.81. The van der Waals surface area contributed by atoms with Gasteiger partial charge >= 0.3 is 0 Å². The number of hydrogen-bond donors (Lipinski definition) is 3. The summed E-state index contributed by atoms with van der Waals surface area (Å²) >= 11 is 0. The lowest BCUT2D eigenvalue weighted by Gasteiger charge is -2.23. The number of carbonyl (C=O) groups excluding carboxylic acids is 1. The molecule has 1 rings (SSSR count). The Bertz CT molecular complexity index is 533. The quantitative estimate of drug-likeness (QED) is 0.367. The van der Waals surface area contributed by atoms with Crippen LogP contribution in [0, 0.1) is 5.92 Å². The van der Waals surface area contributed by atoms with Crippen LogP contribution < -0.4 is 16.0 Å². The second kappa shape index (κ2) is 10.5. The Hall–Kier alpha value is -1.31. The van der Waals surface area contributed by atoms with E-state index in [-0.39, 0.29) is 41.3 Å². The molecule has 0 aromatic heterocycles. The zero-order valence-electron chi connectivity index (χ0n) is 15.6. The van der Waals surface area contributed by atoms with Gasteiger partial charge in [0.25, 0.3) is 0 Å². The van der Waals surface area contributed by atoms with E-state index in [4.69, 9.17) is 0 Å². The summed E-state index contributed by atoms with van der Waals surface area (Å²) in [6.07, 6.45) is 0. The molecule has 0 atom stereocenters. The van der Waals surface area contributed by atoms with Gasteiger partial charge in [0.2, 0.25) is 5.91 Å². The van der Waals surface area contributed by atoms with Crippen molar-refractivity contribution in [2.24, 2.45) is 10.9 Å². The molecule has 0 saturated heterocycles. The first-order valence-electron chi connectivity index (χ1n) is 8.17. The molecule has 0 aliphatic heterocycles. The second-order valence-corrected chi connectivity index (χ2v) is 6.91. The predicted molar refractivity (Wildman–Crippen MR) is 113 cm³/mol. The van der Waals surface area contributed by atoms with Crippen LogP contribution in [0.5, 0.6) is 0 Å². The Labute approximate surface area is 163 Å². The Balaban J connectivity index is 0.00000529. The van der Waals surface area contributed by atoms with Crippen LogP contribution in [-0.2, 0) is 11.3 Å². The normalized spacial score (nSPS) is 11.7. The van der Waals surface area contributed by atoms with Gasteiger partial charge in [-0.1, -0.05) is 26.0 Å². The fourth-order valence-corrected chi connectivity index (χ4v) is 1.81. The van der Waals surface area contributed by atoms with Crippen LogP contribution in [0.4, 0.5) is 5.69 Å². The van der Waals surface area contributed by atoms with E-state index in [1.165, 1.54) is 0 Å². The third-order valence-corrected chi connectivity index (χ3v) is 3.00. The molecule has 0 saturated carbocycles. The second-order valence-electron chi connectivity index (χ2n) is 6.91. The van der Waals surface area contributed by atoms with Crippen molar-refractivity contribution >= 4 is 41.5 Å². The lowest BCUT2D eigenvalue weighted by molar-refractivity contribution is -0.118. The number of amides is 1. The highest BCUT2D eigenvalue weighted by Gasteiger charge is 2.11. The summed E-state index contributed by atoms with van der Waals surface area (Å²) in [6.45, 7) is 13.5. The molecule has 24 heavy (non-hydrogen) atoms. The number of aliphatic imine (C=N–C) groups is 1. The molecule has 0 aliphatic carbocycles. The van der Waals surface area contributed by atoms with E-state index < -0.39 is 0 Å². The van der Waals surface area contributed by atoms with Crippen LogP contribution in [0.3, 0.4) is 0 Å². The summed E-state index contributed by atoms with van der Waals surface area (Å²) in [7, 11) is 0. The smallest absolute Gasteiger partial charge is 0.226 e. The van der Waals surface area contributed by atoms with Gasteiger partial charge < -0.3 is 16.0 Å². The minimum Gasteiger partial charge on any atom is -0.357 e. The van der Waals surface area contributed by atoms with Crippen molar-refractivity contribution in [3.63, 3.8) is 0 Å². The number of nitrogens with one attached hydrogen (secondary N) is 3. The minimum absolute atomic E-state index is 0. The van der Waals surface area contributed by atoms with Crippen LogP contribution in [0.2, 0.25) is 0 Å². The molecule has 3 N–H and O–H groups in total. The van der Waals surface area contributed by atoms with Gasteiger partial charge in [-0.2, -0.15) is 0 Å². The molecule has 0 aliphatic rings. The van der Waals surface area contributed by atoms with Gasteiger partial charge in [0.05, 0.1) is 6.54 Å². The number of carbonyl (C=O) groups is 1. The van der Waals surface area contributed by atoms with E-state index in [1.807, 2.05) is 45.0 Å². The molecule has 0 bridgehead atoms. The Kier molecular flexibility index (Phi) is 9.96. The highest BCUT2D eigenvalue weighted by molar-refractivity contribution is 14.0. The van der Waals surface area contributed by atoms with Gasteiger partial charge in [-0.05, 0) is 45.4 Å². The maximum atomic E-state index is 11.7. The zero-order valence-corrected chi connectivity index (χ0v) is 17.9. The van der Waals surface area contributed by atoms with E-state index in [0.717, 1.165) is 23.8 Å². The lowest BCUT2D eigenvalue weighted by atomic mass is 10.1. The van der Waals surface area contributed by atoms with Gasteiger partial charge in [-0.25, -0.2) is 4.99 Å². The number of nitrogens with zero attached hydrogens (tertiary/aromatic N) is 1. The molecule has 5 nitrogen and oxygen atoms in total. The molecule has 0 heterocycles. The van der Waals surface area contributed by atoms with Crippen molar-refractivity contribution in [1.29, 1.82) is 0 Å². The molecular weight excluding hydrogens is 415 g/mol. The number of anilines is 1. The van der Waals surface area contributed by atoms with E-state index in [9.17, 15) is 4.79 Å². The Morgan fingerprint density at radius 3 is 2.21 bits per heavy atom. The van der Waals surface area contributed by atoms with Crippen LogP contribution in [0.15, 0.2) is 29.3 Å². The summed E-state index contributed by atoms with van der Waals surface area (Å²) in [6, 6.07) is 7.80. The molecule has 136 valence electrons. The Morgan fingerprint density at radius 1 is 1.17 bits per heavy atom. The minimum atomic E-state index is -0.0357. The van der Waals surface area contributed by atoms with E-state index in [1.54, 1.807) is 0 Å². The topological polar surface area (TPSA) is 65.5 Å². The predicted octanol–water partition coefficient (Wildman–Crippen LogP) is 3.75. The molecule has 0 radical (unpaired) electrons. The molecule has 0 unspecified atom stereocenters. The summed E-state index contributed by atoms with van der Waals surface area (Å²) < 4.78 is 0. The monoisotopic (exact) mass is 446 g/mol. The third-order valence-electron chi connectivity index (χ3n) is 3.00. The van der Waals surface area contributed by atoms with Gasteiger partial charge in [0.15, 0.2) is 5.96 Å². The van der Waals surface area contributed by atoms with Crippen molar-refractivity contribution in [3.05, 3.63) is 29.8 Å². The number of guanidine groups is 1. The van der Waals surface area contributed by atoms with Gasteiger partial charge in [0.1, 0.15) is 0 Å². The van der Waals surface area contributed by atoms with Crippen molar-refractivity contribution in [1.82, 2.24) is 10.6 Å². The number of benzene rings is 1. The molecule has 1 aromatic rings. The first-order chi connectivity index (χ1) is 10.7. The van der Waals surface area contributed by atoms with Crippen molar-refractivity contribution in [3.8, 4) is 0 Å². The molecular formula is C18H31IN4O. The van der Waals surface area contributed by atoms with Crippen molar-refractivity contribution in [2.75, 3.05) is 11.9 Å². The van der Waals surface area contributed by atoms with E-state index >= 15 is 0 Å². The third kappa shape index (κ3) is 9.10. The number of hydrogen-bond acceptors (Lipinski definition) is 2. The highest BCUT2D eigenvalue weighted by atomic mass is 127. The standard InChI is InChI=1S/C18H30N4O.HI/c1-7-19-17(22-18(4,5)6)20-12-14-8-10-15(11-9-14)21-16(23)13(2)3;/h8-11,13H,7,12H2,1-6H3,(H,21,23)(H2,19,20,22);1H. The lowest BCUT2D eigenvalue weighted by Crippen LogP contribution is -2.47. The molecule has 6 heteroatoms. The molecule has 1 aromatic carbocycles.